The number of carbonyl (C=O) groups excluding carboxylic acids is 1. The van der Waals surface area contributed by atoms with Gasteiger partial charge in [-0.25, -0.2) is 4.79 Å². The van der Waals surface area contributed by atoms with Crippen molar-refractivity contribution in [3.8, 4) is 0 Å². The van der Waals surface area contributed by atoms with Gasteiger partial charge in [0.15, 0.2) is 0 Å². The maximum absolute atomic E-state index is 11.5. The highest BCUT2D eigenvalue weighted by Crippen LogP contribution is 2.45. The van der Waals surface area contributed by atoms with E-state index >= 15 is 0 Å². The summed E-state index contributed by atoms with van der Waals surface area (Å²) in [4.78, 5) is 11.5. The van der Waals surface area contributed by atoms with E-state index in [1.54, 1.807) is 0 Å². The number of cyclic esters (lactones) is 1. The summed E-state index contributed by atoms with van der Waals surface area (Å²) in [5.41, 5.74) is 1.53. The Hall–Kier alpha value is -1.57. The van der Waals surface area contributed by atoms with Gasteiger partial charge in [0.05, 0.1) is 0 Å². The molecule has 0 aromatic heterocycles. The first-order chi connectivity index (χ1) is 7.50. The average Bonchev–Trinajstić information content (AvgIpc) is 2.24. The number of carbonyl (C=O) groups is 1. The van der Waals surface area contributed by atoms with Crippen LogP contribution in [0, 0.1) is 5.41 Å². The van der Waals surface area contributed by atoms with Gasteiger partial charge in [-0.05, 0) is 12.0 Å². The Morgan fingerprint density at radius 1 is 1.31 bits per heavy atom. The van der Waals surface area contributed by atoms with Crippen LogP contribution in [0.15, 0.2) is 42.5 Å². The van der Waals surface area contributed by atoms with E-state index in [9.17, 15) is 4.79 Å². The van der Waals surface area contributed by atoms with E-state index in [0.717, 1.165) is 5.56 Å². The molecule has 1 aliphatic heterocycles. The summed E-state index contributed by atoms with van der Waals surface area (Å²) < 4.78 is 5.46. The van der Waals surface area contributed by atoms with Gasteiger partial charge in [0, 0.05) is 11.0 Å². The molecule has 84 valence electrons. The zero-order valence-corrected chi connectivity index (χ0v) is 9.69. The van der Waals surface area contributed by atoms with Crippen LogP contribution in [0.3, 0.4) is 0 Å². The molecule has 2 rings (SSSR count). The first-order valence-corrected chi connectivity index (χ1v) is 5.44. The maximum Gasteiger partial charge on any atom is 0.334 e. The summed E-state index contributed by atoms with van der Waals surface area (Å²) in [5.74, 6) is -0.270. The number of rotatable bonds is 1. The molecule has 0 saturated carbocycles. The van der Waals surface area contributed by atoms with Crippen LogP contribution in [0.2, 0.25) is 0 Å². The van der Waals surface area contributed by atoms with E-state index < -0.39 is 0 Å². The summed E-state index contributed by atoms with van der Waals surface area (Å²) >= 11 is 0. The van der Waals surface area contributed by atoms with Gasteiger partial charge in [-0.2, -0.15) is 0 Å². The average molecular weight is 216 g/mol. The highest BCUT2D eigenvalue weighted by molar-refractivity contribution is 5.88. The smallest absolute Gasteiger partial charge is 0.334 e. The molecular weight excluding hydrogens is 200 g/mol. The lowest BCUT2D eigenvalue weighted by Gasteiger charge is -2.38. The predicted octanol–water partition coefficient (Wildman–Crippen LogP) is 3.26. The summed E-state index contributed by atoms with van der Waals surface area (Å²) in [7, 11) is 0. The highest BCUT2D eigenvalue weighted by atomic mass is 16.5. The van der Waals surface area contributed by atoms with Gasteiger partial charge in [0.2, 0.25) is 0 Å². The summed E-state index contributed by atoms with van der Waals surface area (Å²) in [6.45, 7) is 7.94. The molecule has 0 aliphatic carbocycles. The van der Waals surface area contributed by atoms with Gasteiger partial charge < -0.3 is 4.74 Å². The second-order valence-electron chi connectivity index (χ2n) is 4.96. The van der Waals surface area contributed by atoms with E-state index in [1.165, 1.54) is 0 Å². The Labute approximate surface area is 95.9 Å². The Balaban J connectivity index is 2.34. The molecular formula is C14H16O2. The van der Waals surface area contributed by atoms with Crippen molar-refractivity contribution in [1.29, 1.82) is 0 Å². The quantitative estimate of drug-likeness (QED) is 0.532. The molecule has 1 fully saturated rings. The molecule has 0 spiro atoms. The number of esters is 1. The fourth-order valence-corrected chi connectivity index (χ4v) is 2.21. The van der Waals surface area contributed by atoms with Crippen molar-refractivity contribution in [2.75, 3.05) is 0 Å². The number of benzene rings is 1. The molecule has 1 aromatic rings. The van der Waals surface area contributed by atoms with Crippen LogP contribution in [0.25, 0.3) is 0 Å². The highest BCUT2D eigenvalue weighted by Gasteiger charge is 2.40. The van der Waals surface area contributed by atoms with Crippen LogP contribution in [-0.4, -0.2) is 5.97 Å². The zero-order chi connectivity index (χ0) is 11.8. The molecule has 1 aromatic carbocycles. The summed E-state index contributed by atoms with van der Waals surface area (Å²) in [6, 6.07) is 9.87. The molecule has 1 atom stereocenters. The third kappa shape index (κ3) is 1.87. The lowest BCUT2D eigenvalue weighted by atomic mass is 9.76. The molecule has 1 saturated heterocycles. The largest absolute Gasteiger partial charge is 0.454 e. The van der Waals surface area contributed by atoms with E-state index in [1.807, 2.05) is 30.3 Å². The van der Waals surface area contributed by atoms with Gasteiger partial charge >= 0.3 is 5.97 Å². The van der Waals surface area contributed by atoms with E-state index in [2.05, 4.69) is 20.4 Å². The van der Waals surface area contributed by atoms with Crippen molar-refractivity contribution < 1.29 is 9.53 Å². The minimum absolute atomic E-state index is 0.0909. The first kappa shape index (κ1) is 10.9. The molecule has 0 unspecified atom stereocenters. The van der Waals surface area contributed by atoms with Crippen molar-refractivity contribution in [2.24, 2.45) is 5.41 Å². The lowest BCUT2D eigenvalue weighted by Crippen LogP contribution is -2.33. The SMILES string of the molecule is C=C1CC(C)(C)[C@H](c2ccccc2)OC1=O. The fraction of sp³-hybridized carbons (Fsp3) is 0.357. The molecule has 2 nitrogen and oxygen atoms in total. The fourth-order valence-electron chi connectivity index (χ4n) is 2.21. The van der Waals surface area contributed by atoms with Crippen LogP contribution >= 0.6 is 0 Å². The molecule has 1 aliphatic rings. The van der Waals surface area contributed by atoms with Gasteiger partial charge in [-0.1, -0.05) is 50.8 Å². The van der Waals surface area contributed by atoms with Crippen LogP contribution in [-0.2, 0) is 9.53 Å². The van der Waals surface area contributed by atoms with E-state index in [4.69, 9.17) is 4.74 Å². The van der Waals surface area contributed by atoms with Crippen molar-refractivity contribution in [3.05, 3.63) is 48.0 Å². The van der Waals surface area contributed by atoms with Crippen molar-refractivity contribution in [1.82, 2.24) is 0 Å². The van der Waals surface area contributed by atoms with Crippen LogP contribution in [0.1, 0.15) is 31.9 Å². The zero-order valence-electron chi connectivity index (χ0n) is 9.69. The topological polar surface area (TPSA) is 26.3 Å². The summed E-state index contributed by atoms with van der Waals surface area (Å²) in [6.07, 6.45) is 0.512. The van der Waals surface area contributed by atoms with Crippen molar-refractivity contribution in [3.63, 3.8) is 0 Å². The Kier molecular flexibility index (Phi) is 2.58. The van der Waals surface area contributed by atoms with Crippen molar-refractivity contribution >= 4 is 5.97 Å². The predicted molar refractivity (Wildman–Crippen MR) is 62.8 cm³/mol. The third-order valence-electron chi connectivity index (χ3n) is 2.99. The van der Waals surface area contributed by atoms with Gasteiger partial charge in [-0.3, -0.25) is 0 Å². The maximum atomic E-state index is 11.5. The first-order valence-electron chi connectivity index (χ1n) is 5.44. The molecule has 0 radical (unpaired) electrons. The second-order valence-corrected chi connectivity index (χ2v) is 4.96. The molecule has 0 bridgehead atoms. The molecule has 1 heterocycles. The molecule has 2 heteroatoms. The van der Waals surface area contributed by atoms with Crippen molar-refractivity contribution in [2.45, 2.75) is 26.4 Å². The van der Waals surface area contributed by atoms with Crippen LogP contribution < -0.4 is 0 Å². The Morgan fingerprint density at radius 3 is 2.56 bits per heavy atom. The lowest BCUT2D eigenvalue weighted by molar-refractivity contribution is -0.157. The van der Waals surface area contributed by atoms with Gasteiger partial charge in [-0.15, -0.1) is 0 Å². The molecule has 0 N–H and O–H groups in total. The summed E-state index contributed by atoms with van der Waals surface area (Å²) in [5, 5.41) is 0. The van der Waals surface area contributed by atoms with Gasteiger partial charge in [0.25, 0.3) is 0 Å². The van der Waals surface area contributed by atoms with Gasteiger partial charge in [0.1, 0.15) is 6.10 Å². The third-order valence-corrected chi connectivity index (χ3v) is 2.99. The normalized spacial score (nSPS) is 24.0. The minimum Gasteiger partial charge on any atom is -0.454 e. The van der Waals surface area contributed by atoms with E-state index in [0.29, 0.717) is 12.0 Å². The van der Waals surface area contributed by atoms with E-state index in [-0.39, 0.29) is 17.5 Å². The number of ether oxygens (including phenoxy) is 1. The minimum atomic E-state index is -0.270. The van der Waals surface area contributed by atoms with Crippen LogP contribution in [0.4, 0.5) is 0 Å². The second kappa shape index (κ2) is 3.78. The monoisotopic (exact) mass is 216 g/mol. The molecule has 0 amide bonds. The standard InChI is InChI=1S/C14H16O2/c1-10-9-14(2,3)12(16-13(10)15)11-7-5-4-6-8-11/h4-8,12H,1,9H2,2-3H3/t12-/m0/s1. The Morgan fingerprint density at radius 2 is 1.94 bits per heavy atom. The molecule has 16 heavy (non-hydrogen) atoms. The number of hydrogen-bond donors (Lipinski definition) is 0. The van der Waals surface area contributed by atoms with Crippen LogP contribution in [0.5, 0.6) is 0 Å². The number of hydrogen-bond acceptors (Lipinski definition) is 2. The Bertz CT molecular complexity index is 418.